The molecule has 2 rings (SSSR count). The molecular formula is C30H28N8O8. The first-order chi connectivity index (χ1) is 22.6. The summed E-state index contributed by atoms with van der Waals surface area (Å²) in [6.07, 6.45) is 16.8. The number of nitrogens with zero attached hydrogens (tertiary/aromatic N) is 8. The summed E-state index contributed by atoms with van der Waals surface area (Å²) in [6.45, 7) is 2.05. The normalized spacial score (nSPS) is 8.00. The van der Waals surface area contributed by atoms with Gasteiger partial charge in [0.25, 0.3) is 0 Å². The molecule has 0 fully saturated rings. The fraction of sp³-hybridized carbons (Fsp3) is 0.333. The van der Waals surface area contributed by atoms with Gasteiger partial charge in [0, 0.05) is 0 Å². The van der Waals surface area contributed by atoms with Crippen molar-refractivity contribution in [3.8, 4) is 0 Å². The number of rotatable bonds is 16. The van der Waals surface area contributed by atoms with Crippen molar-refractivity contribution in [2.75, 3.05) is 26.2 Å². The van der Waals surface area contributed by atoms with Crippen molar-refractivity contribution in [3.05, 3.63) is 48.5 Å². The molecule has 236 valence electrons. The summed E-state index contributed by atoms with van der Waals surface area (Å²) in [6, 6.07) is 12.6. The lowest BCUT2D eigenvalue weighted by atomic mass is 10.2. The molecule has 0 aliphatic carbocycles. The summed E-state index contributed by atoms with van der Waals surface area (Å²) in [5.74, 6) is 0. The standard InChI is InChI=1S/2C8H4N2O2.C8H12N2O2.C6H8N2O2/c11-5-9-7-1-2-8(4-3-7)10-6-12;11-5-9-7-2-1-3-8(4-7)10-6-12;11-7-9-5-3-1-2-4-6-10-8-12;9-5-7-3-1-2-4-8-6-10/h2*1-4H;1-6H2;1-4H2. The van der Waals surface area contributed by atoms with Crippen LogP contribution in [0, 0.1) is 0 Å². The molecule has 0 spiro atoms. The predicted molar refractivity (Wildman–Crippen MR) is 164 cm³/mol. The SMILES string of the molecule is O=C=NCCCCCCN=C=O.O=C=NCCCCN=C=O.O=C=Nc1ccc(N=C=O)cc1.O=C=Nc1cccc(N=C=O)c1. The van der Waals surface area contributed by atoms with E-state index in [1.807, 2.05) is 0 Å². The lowest BCUT2D eigenvalue weighted by molar-refractivity contribution is 0.558. The second-order valence-electron chi connectivity index (χ2n) is 7.86. The quantitative estimate of drug-likeness (QED) is 0.140. The first-order valence-electron chi connectivity index (χ1n) is 13.2. The van der Waals surface area contributed by atoms with Crippen molar-refractivity contribution in [1.29, 1.82) is 0 Å². The van der Waals surface area contributed by atoms with Gasteiger partial charge in [0.15, 0.2) is 0 Å². The molecule has 0 saturated heterocycles. The fourth-order valence-corrected chi connectivity index (χ4v) is 2.74. The van der Waals surface area contributed by atoms with Gasteiger partial charge in [-0.15, -0.1) is 0 Å². The van der Waals surface area contributed by atoms with E-state index in [4.69, 9.17) is 0 Å². The van der Waals surface area contributed by atoms with Crippen LogP contribution in [0.25, 0.3) is 0 Å². The molecule has 16 nitrogen and oxygen atoms in total. The lowest BCUT2D eigenvalue weighted by Gasteiger charge is -1.93. The summed E-state index contributed by atoms with van der Waals surface area (Å²) in [5.41, 5.74) is 1.80. The van der Waals surface area contributed by atoms with Gasteiger partial charge in [-0.25, -0.2) is 58.3 Å². The number of benzene rings is 2. The number of aliphatic imine (C=N–C) groups is 8. The summed E-state index contributed by atoms with van der Waals surface area (Å²) < 4.78 is 0. The van der Waals surface area contributed by atoms with E-state index in [1.54, 1.807) is 42.5 Å². The molecule has 0 unspecified atom stereocenters. The monoisotopic (exact) mass is 628 g/mol. The van der Waals surface area contributed by atoms with E-state index >= 15 is 0 Å². The van der Waals surface area contributed by atoms with Crippen LogP contribution in [0.15, 0.2) is 88.5 Å². The lowest BCUT2D eigenvalue weighted by Crippen LogP contribution is -1.84. The third-order valence-corrected chi connectivity index (χ3v) is 4.72. The fourth-order valence-electron chi connectivity index (χ4n) is 2.74. The van der Waals surface area contributed by atoms with Gasteiger partial charge in [0.2, 0.25) is 48.6 Å². The van der Waals surface area contributed by atoms with E-state index in [1.165, 1.54) is 54.7 Å². The van der Waals surface area contributed by atoms with Crippen LogP contribution >= 0.6 is 0 Å². The van der Waals surface area contributed by atoms with E-state index in [9.17, 15) is 38.4 Å². The highest BCUT2D eigenvalue weighted by atomic mass is 16.1. The Labute approximate surface area is 263 Å². The molecule has 0 heterocycles. The second-order valence-corrected chi connectivity index (χ2v) is 7.86. The van der Waals surface area contributed by atoms with Crippen molar-refractivity contribution in [1.82, 2.24) is 0 Å². The Kier molecular flexibility index (Phi) is 31.4. The molecular weight excluding hydrogens is 600 g/mol. The summed E-state index contributed by atoms with van der Waals surface area (Å²) in [4.78, 5) is 105. The summed E-state index contributed by atoms with van der Waals surface area (Å²) in [7, 11) is 0. The van der Waals surface area contributed by atoms with E-state index in [0.717, 1.165) is 38.5 Å². The molecule has 0 saturated carbocycles. The first kappa shape index (κ1) is 41.6. The van der Waals surface area contributed by atoms with E-state index in [0.29, 0.717) is 48.9 Å². The molecule has 0 aliphatic rings. The third kappa shape index (κ3) is 29.0. The smallest absolute Gasteiger partial charge is 0.211 e. The predicted octanol–water partition coefficient (Wildman–Crippen LogP) is 4.90. The van der Waals surface area contributed by atoms with Crippen LogP contribution in [0.1, 0.15) is 38.5 Å². The van der Waals surface area contributed by atoms with Crippen LogP contribution in [-0.2, 0) is 38.4 Å². The summed E-state index contributed by atoms with van der Waals surface area (Å²) >= 11 is 0. The van der Waals surface area contributed by atoms with E-state index in [2.05, 4.69) is 39.9 Å². The average Bonchev–Trinajstić information content (AvgIpc) is 3.07. The van der Waals surface area contributed by atoms with Gasteiger partial charge < -0.3 is 0 Å². The minimum absolute atomic E-state index is 0.418. The molecule has 2 aromatic carbocycles. The van der Waals surface area contributed by atoms with E-state index < -0.39 is 0 Å². The molecule has 0 amide bonds. The Morgan fingerprint density at radius 1 is 0.348 bits per heavy atom. The van der Waals surface area contributed by atoms with Crippen LogP contribution in [0.2, 0.25) is 0 Å². The van der Waals surface area contributed by atoms with Gasteiger partial charge in [0.05, 0.1) is 48.9 Å². The molecule has 2 aromatic rings. The van der Waals surface area contributed by atoms with Crippen molar-refractivity contribution in [2.24, 2.45) is 39.9 Å². The van der Waals surface area contributed by atoms with E-state index in [-0.39, 0.29) is 0 Å². The van der Waals surface area contributed by atoms with Gasteiger partial charge in [-0.1, -0.05) is 18.9 Å². The average molecular weight is 629 g/mol. The number of hydrogen-bond acceptors (Lipinski definition) is 16. The highest BCUT2D eigenvalue weighted by Crippen LogP contribution is 2.19. The Morgan fingerprint density at radius 2 is 0.630 bits per heavy atom. The van der Waals surface area contributed by atoms with Crippen LogP contribution in [0.3, 0.4) is 0 Å². The van der Waals surface area contributed by atoms with Gasteiger partial charge in [0.1, 0.15) is 0 Å². The molecule has 0 bridgehead atoms. The number of hydrogen-bond donors (Lipinski definition) is 0. The Balaban J connectivity index is 0. The highest BCUT2D eigenvalue weighted by Gasteiger charge is 1.91. The molecule has 0 aliphatic heterocycles. The molecule has 0 atom stereocenters. The van der Waals surface area contributed by atoms with Crippen molar-refractivity contribution in [3.63, 3.8) is 0 Å². The molecule has 16 heteroatoms. The second kappa shape index (κ2) is 34.7. The minimum Gasteiger partial charge on any atom is -0.211 e. The van der Waals surface area contributed by atoms with Crippen molar-refractivity contribution in [2.45, 2.75) is 38.5 Å². The van der Waals surface area contributed by atoms with Gasteiger partial charge in [-0.05, 0) is 68.1 Å². The van der Waals surface area contributed by atoms with Gasteiger partial charge >= 0.3 is 0 Å². The maximum atomic E-state index is 9.84. The van der Waals surface area contributed by atoms with Crippen molar-refractivity contribution < 1.29 is 38.4 Å². The van der Waals surface area contributed by atoms with Crippen LogP contribution in [-0.4, -0.2) is 74.8 Å². The maximum absolute atomic E-state index is 9.84. The Bertz CT molecular complexity index is 1430. The third-order valence-electron chi connectivity index (χ3n) is 4.72. The first-order valence-corrected chi connectivity index (χ1v) is 13.2. The Hall–Kier alpha value is -6.52. The molecule has 0 N–H and O–H groups in total. The maximum Gasteiger partial charge on any atom is 0.240 e. The van der Waals surface area contributed by atoms with Crippen LogP contribution in [0.4, 0.5) is 22.7 Å². The van der Waals surface area contributed by atoms with Crippen LogP contribution in [0.5, 0.6) is 0 Å². The van der Waals surface area contributed by atoms with Gasteiger partial charge in [-0.3, -0.25) is 0 Å². The number of carbonyl (C=O) groups excluding carboxylic acids is 8. The zero-order chi connectivity index (χ0) is 34.4. The van der Waals surface area contributed by atoms with Crippen LogP contribution < -0.4 is 0 Å². The topological polar surface area (TPSA) is 235 Å². The van der Waals surface area contributed by atoms with Crippen molar-refractivity contribution >= 4 is 71.4 Å². The molecule has 46 heavy (non-hydrogen) atoms. The summed E-state index contributed by atoms with van der Waals surface area (Å²) in [5, 5.41) is 0. The Morgan fingerprint density at radius 3 is 0.913 bits per heavy atom. The minimum atomic E-state index is 0.418. The molecule has 0 aromatic heterocycles. The molecule has 0 radical (unpaired) electrons. The largest absolute Gasteiger partial charge is 0.240 e. The highest BCUT2D eigenvalue weighted by molar-refractivity contribution is 5.58. The number of isocyanates is 8. The van der Waals surface area contributed by atoms with Gasteiger partial charge in [-0.2, -0.15) is 20.0 Å². The number of unbranched alkanes of at least 4 members (excludes halogenated alkanes) is 4. The zero-order valence-electron chi connectivity index (χ0n) is 24.5. The zero-order valence-corrected chi connectivity index (χ0v) is 24.5.